The summed E-state index contributed by atoms with van der Waals surface area (Å²) >= 11 is 0. The minimum absolute atomic E-state index is 0.155. The van der Waals surface area contributed by atoms with Gasteiger partial charge >= 0.3 is 0 Å². The van der Waals surface area contributed by atoms with E-state index >= 15 is 0 Å². The van der Waals surface area contributed by atoms with Crippen LogP contribution in [0.5, 0.6) is 5.75 Å². The molecule has 0 saturated heterocycles. The van der Waals surface area contributed by atoms with Crippen molar-refractivity contribution >= 4 is 38.1 Å². The largest absolute Gasteiger partial charge is 0.497 e. The number of hydrogen-bond donors (Lipinski definition) is 2. The number of benzene rings is 3. The minimum Gasteiger partial charge on any atom is -0.497 e. The van der Waals surface area contributed by atoms with E-state index in [-0.39, 0.29) is 4.90 Å². The number of rotatable bonds is 7. The molecule has 176 valence electrons. The molecule has 8 nitrogen and oxygen atoms in total. The summed E-state index contributed by atoms with van der Waals surface area (Å²) in [7, 11) is -0.160. The third-order valence-corrected chi connectivity index (χ3v) is 7.02. The van der Waals surface area contributed by atoms with Gasteiger partial charge in [0.2, 0.25) is 0 Å². The monoisotopic (exact) mass is 485 g/mol. The van der Waals surface area contributed by atoms with Crippen molar-refractivity contribution in [2.75, 3.05) is 17.1 Å². The highest BCUT2D eigenvalue weighted by Crippen LogP contribution is 2.26. The number of sulfonamides is 1. The first-order chi connectivity index (χ1) is 16.9. The fourth-order valence-electron chi connectivity index (χ4n) is 3.76. The first kappa shape index (κ1) is 22.4. The van der Waals surface area contributed by atoms with Crippen molar-refractivity contribution in [3.8, 4) is 17.0 Å². The van der Waals surface area contributed by atoms with Gasteiger partial charge in [-0.2, -0.15) is 0 Å². The zero-order valence-electron chi connectivity index (χ0n) is 19.1. The Hall–Kier alpha value is -4.37. The maximum atomic E-state index is 12.6. The number of fused-ring (bicyclic) bond motifs is 1. The second kappa shape index (κ2) is 9.11. The molecular formula is C26H23N5O3S. The van der Waals surface area contributed by atoms with E-state index in [9.17, 15) is 8.42 Å². The molecular weight excluding hydrogens is 462 g/mol. The second-order valence-electron chi connectivity index (χ2n) is 7.97. The number of hydrogen-bond acceptors (Lipinski definition) is 6. The molecule has 0 spiro atoms. The number of aryl methyl sites for hydroxylation is 1. The second-order valence-corrected chi connectivity index (χ2v) is 9.65. The van der Waals surface area contributed by atoms with E-state index in [4.69, 9.17) is 4.74 Å². The van der Waals surface area contributed by atoms with E-state index in [0.717, 1.165) is 27.8 Å². The molecule has 35 heavy (non-hydrogen) atoms. The van der Waals surface area contributed by atoms with Crippen LogP contribution in [-0.4, -0.2) is 30.1 Å². The molecule has 0 aliphatic rings. The van der Waals surface area contributed by atoms with Crippen LogP contribution in [0.4, 0.5) is 17.2 Å². The Labute approximate surface area is 203 Å². The molecule has 0 aliphatic carbocycles. The van der Waals surface area contributed by atoms with Crippen molar-refractivity contribution < 1.29 is 13.2 Å². The van der Waals surface area contributed by atoms with Crippen LogP contribution in [0.1, 0.15) is 0 Å². The first-order valence-corrected chi connectivity index (χ1v) is 12.3. The van der Waals surface area contributed by atoms with E-state index in [1.807, 2.05) is 25.4 Å². The maximum absolute atomic E-state index is 12.6. The van der Waals surface area contributed by atoms with Gasteiger partial charge in [-0.25, -0.2) is 18.4 Å². The lowest BCUT2D eigenvalue weighted by molar-refractivity contribution is 0.414. The topological polar surface area (TPSA) is 98.1 Å². The highest BCUT2D eigenvalue weighted by Gasteiger charge is 2.14. The number of methoxy groups -OCH3 is 1. The lowest BCUT2D eigenvalue weighted by Gasteiger charge is -2.11. The quantitative estimate of drug-likeness (QED) is 0.329. The fourth-order valence-corrected chi connectivity index (χ4v) is 4.82. The molecule has 0 radical (unpaired) electrons. The van der Waals surface area contributed by atoms with Gasteiger partial charge < -0.3 is 14.6 Å². The van der Waals surface area contributed by atoms with Crippen LogP contribution in [0.25, 0.3) is 22.2 Å². The summed E-state index contributed by atoms with van der Waals surface area (Å²) < 4.78 is 35.0. The van der Waals surface area contributed by atoms with Crippen LogP contribution in [0.2, 0.25) is 0 Å². The van der Waals surface area contributed by atoms with Gasteiger partial charge in [-0.3, -0.25) is 4.72 Å². The van der Waals surface area contributed by atoms with Crippen LogP contribution in [0.3, 0.4) is 0 Å². The van der Waals surface area contributed by atoms with Gasteiger partial charge in [0.1, 0.15) is 17.9 Å². The predicted octanol–water partition coefficient (Wildman–Crippen LogP) is 5.19. The van der Waals surface area contributed by atoms with Crippen molar-refractivity contribution in [3.05, 3.63) is 91.4 Å². The van der Waals surface area contributed by atoms with Crippen molar-refractivity contribution in [2.24, 2.45) is 7.05 Å². The Morgan fingerprint density at radius 3 is 2.34 bits per heavy atom. The van der Waals surface area contributed by atoms with E-state index in [1.54, 1.807) is 36.4 Å². The summed E-state index contributed by atoms with van der Waals surface area (Å²) in [5, 5.41) is 4.39. The van der Waals surface area contributed by atoms with Crippen LogP contribution in [-0.2, 0) is 17.1 Å². The van der Waals surface area contributed by atoms with Gasteiger partial charge in [0.15, 0.2) is 0 Å². The molecule has 0 saturated carbocycles. The van der Waals surface area contributed by atoms with Crippen molar-refractivity contribution in [3.63, 3.8) is 0 Å². The molecule has 0 bridgehead atoms. The van der Waals surface area contributed by atoms with Crippen molar-refractivity contribution in [1.29, 1.82) is 0 Å². The zero-order valence-corrected chi connectivity index (χ0v) is 20.0. The van der Waals surface area contributed by atoms with Crippen molar-refractivity contribution in [2.45, 2.75) is 4.90 Å². The van der Waals surface area contributed by atoms with Gasteiger partial charge in [0.25, 0.3) is 10.0 Å². The summed E-state index contributed by atoms with van der Waals surface area (Å²) in [6, 6.07) is 23.3. The third-order valence-electron chi connectivity index (χ3n) is 5.63. The lowest BCUT2D eigenvalue weighted by Crippen LogP contribution is -2.12. The predicted molar refractivity (Wildman–Crippen MR) is 137 cm³/mol. The van der Waals surface area contributed by atoms with E-state index in [2.05, 4.69) is 42.8 Å². The number of nitrogens with one attached hydrogen (secondary N) is 2. The summed E-state index contributed by atoms with van der Waals surface area (Å²) in [5.41, 5.74) is 4.17. The van der Waals surface area contributed by atoms with Crippen LogP contribution in [0, 0.1) is 0 Å². The van der Waals surface area contributed by atoms with E-state index < -0.39 is 10.0 Å². The average Bonchev–Trinajstić information content (AvgIpc) is 3.25. The highest BCUT2D eigenvalue weighted by atomic mass is 32.2. The normalized spacial score (nSPS) is 11.4. The lowest BCUT2D eigenvalue weighted by atomic mass is 10.1. The molecule has 2 aromatic heterocycles. The van der Waals surface area contributed by atoms with E-state index in [0.29, 0.717) is 17.3 Å². The van der Waals surface area contributed by atoms with Gasteiger partial charge in [0, 0.05) is 47.2 Å². The SMILES string of the molecule is COc1ccc(S(=O)(=O)Nc2ccc(Nc3cc(-c4ccc5c(ccn5C)c4)ncn3)cc2)cc1. The van der Waals surface area contributed by atoms with Crippen LogP contribution >= 0.6 is 0 Å². The Kier molecular flexibility index (Phi) is 5.84. The summed E-state index contributed by atoms with van der Waals surface area (Å²) in [5.74, 6) is 1.22. The van der Waals surface area contributed by atoms with Gasteiger partial charge in [-0.15, -0.1) is 0 Å². The molecule has 0 amide bonds. The molecule has 9 heteroatoms. The molecule has 2 N–H and O–H groups in total. The summed E-state index contributed by atoms with van der Waals surface area (Å²) in [6.45, 7) is 0. The summed E-state index contributed by atoms with van der Waals surface area (Å²) in [4.78, 5) is 8.89. The molecule has 5 rings (SSSR count). The number of nitrogens with zero attached hydrogens (tertiary/aromatic N) is 3. The molecule has 0 aliphatic heterocycles. The third kappa shape index (κ3) is 4.80. The van der Waals surface area contributed by atoms with Gasteiger partial charge in [-0.1, -0.05) is 6.07 Å². The minimum atomic E-state index is -3.71. The molecule has 0 unspecified atom stereocenters. The molecule has 0 atom stereocenters. The smallest absolute Gasteiger partial charge is 0.261 e. The highest BCUT2D eigenvalue weighted by molar-refractivity contribution is 7.92. The Morgan fingerprint density at radius 2 is 1.60 bits per heavy atom. The standard InChI is InChI=1S/C26H23N5O3S/c1-31-14-13-19-15-18(3-12-25(19)31)24-16-26(28-17-27-24)29-20-4-6-21(7-5-20)30-35(32,33)23-10-8-22(34-2)9-11-23/h3-17,30H,1-2H3,(H,27,28,29). The average molecular weight is 486 g/mol. The Bertz CT molecular complexity index is 1590. The Balaban J connectivity index is 1.30. The fraction of sp³-hybridized carbons (Fsp3) is 0.0769. The van der Waals surface area contributed by atoms with Gasteiger partial charge in [0.05, 0.1) is 17.7 Å². The maximum Gasteiger partial charge on any atom is 0.261 e. The van der Waals surface area contributed by atoms with Crippen LogP contribution in [0.15, 0.2) is 96.3 Å². The molecule has 0 fully saturated rings. The Morgan fingerprint density at radius 1 is 0.857 bits per heavy atom. The molecule has 2 heterocycles. The number of ether oxygens (including phenoxy) is 1. The summed E-state index contributed by atoms with van der Waals surface area (Å²) in [6.07, 6.45) is 3.55. The van der Waals surface area contributed by atoms with Crippen LogP contribution < -0.4 is 14.8 Å². The molecule has 5 aromatic rings. The molecule has 3 aromatic carbocycles. The van der Waals surface area contributed by atoms with E-state index in [1.165, 1.54) is 25.6 Å². The zero-order chi connectivity index (χ0) is 24.4. The number of anilines is 3. The first-order valence-electron chi connectivity index (χ1n) is 10.8. The van der Waals surface area contributed by atoms with Gasteiger partial charge in [-0.05, 0) is 66.7 Å². The number of aromatic nitrogens is 3. The van der Waals surface area contributed by atoms with Crippen molar-refractivity contribution in [1.82, 2.24) is 14.5 Å².